The number of aromatic nitrogens is 1. The fraction of sp³-hybridized carbons (Fsp3) is 0.450. The molecule has 9 nitrogen and oxygen atoms in total. The van der Waals surface area contributed by atoms with Crippen LogP contribution in [-0.2, 0) is 26.0 Å². The van der Waals surface area contributed by atoms with Crippen LogP contribution in [0, 0.1) is 0 Å². The van der Waals surface area contributed by atoms with Crippen LogP contribution in [0.25, 0.3) is 0 Å². The predicted octanol–water partition coefficient (Wildman–Crippen LogP) is 1.34. The first kappa shape index (κ1) is 21.7. The molecule has 2 heterocycles. The fourth-order valence-corrected chi connectivity index (χ4v) is 5.94. The molecule has 11 heteroatoms. The zero-order valence-electron chi connectivity index (χ0n) is 17.1. The molecule has 2 aliphatic rings. The van der Waals surface area contributed by atoms with Gasteiger partial charge in [0.2, 0.25) is 21.8 Å². The van der Waals surface area contributed by atoms with Gasteiger partial charge in [-0.25, -0.2) is 13.4 Å². The largest absolute Gasteiger partial charge is 0.497 e. The van der Waals surface area contributed by atoms with Crippen molar-refractivity contribution in [1.29, 1.82) is 0 Å². The molecule has 2 amide bonds. The summed E-state index contributed by atoms with van der Waals surface area (Å²) >= 11 is 1.29. The molecule has 2 aromatic rings. The molecular formula is C20H24N4O5S2. The zero-order valence-corrected chi connectivity index (χ0v) is 18.7. The van der Waals surface area contributed by atoms with Crippen molar-refractivity contribution in [3.63, 3.8) is 0 Å². The van der Waals surface area contributed by atoms with Crippen molar-refractivity contribution in [2.24, 2.45) is 0 Å². The third-order valence-corrected chi connectivity index (χ3v) is 8.47. The normalized spacial score (nSPS) is 18.6. The van der Waals surface area contributed by atoms with E-state index >= 15 is 0 Å². The number of nitrogens with zero attached hydrogens (tertiary/aromatic N) is 3. The van der Waals surface area contributed by atoms with Gasteiger partial charge in [0.15, 0.2) is 5.13 Å². The average molecular weight is 465 g/mol. The van der Waals surface area contributed by atoms with Crippen LogP contribution in [0.1, 0.15) is 18.4 Å². The minimum absolute atomic E-state index is 0.157. The van der Waals surface area contributed by atoms with Gasteiger partial charge in [-0.15, -0.1) is 11.3 Å². The number of carbonyl (C=O) groups excluding carboxylic acids is 2. The minimum atomic E-state index is -3.44. The van der Waals surface area contributed by atoms with E-state index in [-0.39, 0.29) is 43.1 Å². The lowest BCUT2D eigenvalue weighted by molar-refractivity contribution is -0.141. The first-order valence-electron chi connectivity index (χ1n) is 10.00. The van der Waals surface area contributed by atoms with Crippen molar-refractivity contribution in [2.75, 3.05) is 32.1 Å². The molecule has 1 saturated heterocycles. The standard InChI is InChI=1S/C20H24N4O5S2/c1-29-15-4-2-3-14(11-15)12-17(19(26)22-20-21-7-10-30-20)24-9-8-23(13-18(24)25)31(27,28)16-5-6-16/h2-4,7,10-11,16-17H,5-6,8-9,12-13H2,1H3,(H,21,22,26). The third-order valence-electron chi connectivity index (χ3n) is 5.43. The smallest absolute Gasteiger partial charge is 0.249 e. The second-order valence-corrected chi connectivity index (χ2v) is 10.7. The van der Waals surface area contributed by atoms with Crippen LogP contribution < -0.4 is 10.1 Å². The number of nitrogens with one attached hydrogen (secondary N) is 1. The Bertz CT molecular complexity index is 1050. The van der Waals surface area contributed by atoms with Crippen LogP contribution in [-0.4, -0.2) is 72.5 Å². The molecule has 31 heavy (non-hydrogen) atoms. The molecule has 2 fully saturated rings. The van der Waals surface area contributed by atoms with Crippen LogP contribution in [0.5, 0.6) is 5.75 Å². The summed E-state index contributed by atoms with van der Waals surface area (Å²) in [5.74, 6) is -0.0782. The number of anilines is 1. The van der Waals surface area contributed by atoms with Crippen molar-refractivity contribution in [1.82, 2.24) is 14.2 Å². The summed E-state index contributed by atoms with van der Waals surface area (Å²) in [6.45, 7) is 0.104. The van der Waals surface area contributed by atoms with Crippen LogP contribution in [0.2, 0.25) is 0 Å². The van der Waals surface area contributed by atoms with Crippen LogP contribution in [0.4, 0.5) is 5.13 Å². The highest BCUT2D eigenvalue weighted by atomic mass is 32.2. The molecule has 166 valence electrons. The SMILES string of the molecule is COc1cccc(CC(C(=O)Nc2nccs2)N2CCN(S(=O)(=O)C3CC3)CC2=O)c1. The molecule has 1 unspecified atom stereocenters. The summed E-state index contributed by atoms with van der Waals surface area (Å²) in [5.41, 5.74) is 0.833. The molecule has 1 aliphatic heterocycles. The molecule has 1 aromatic carbocycles. The van der Waals surface area contributed by atoms with Gasteiger partial charge >= 0.3 is 0 Å². The summed E-state index contributed by atoms with van der Waals surface area (Å²) in [6, 6.07) is 6.52. The van der Waals surface area contributed by atoms with Gasteiger partial charge in [-0.3, -0.25) is 9.59 Å². The molecule has 4 rings (SSSR count). The summed E-state index contributed by atoms with van der Waals surface area (Å²) in [6.07, 6.45) is 3.15. The monoisotopic (exact) mass is 464 g/mol. The molecule has 1 aliphatic carbocycles. The quantitative estimate of drug-likeness (QED) is 0.632. The van der Waals surface area contributed by atoms with Gasteiger partial charge in [0.1, 0.15) is 11.8 Å². The van der Waals surface area contributed by atoms with E-state index < -0.39 is 16.1 Å². The number of hydrogen-bond donors (Lipinski definition) is 1. The van der Waals surface area contributed by atoms with E-state index in [1.54, 1.807) is 24.8 Å². The topological polar surface area (TPSA) is 109 Å². The van der Waals surface area contributed by atoms with E-state index in [9.17, 15) is 18.0 Å². The molecule has 1 aromatic heterocycles. The Balaban J connectivity index is 1.54. The first-order valence-corrected chi connectivity index (χ1v) is 12.4. The number of carbonyl (C=O) groups is 2. The molecule has 1 N–H and O–H groups in total. The number of thiazole rings is 1. The summed E-state index contributed by atoms with van der Waals surface area (Å²) in [7, 11) is -1.88. The lowest BCUT2D eigenvalue weighted by Gasteiger charge is -2.38. The molecule has 1 atom stereocenters. The third kappa shape index (κ3) is 4.89. The highest BCUT2D eigenvalue weighted by Crippen LogP contribution is 2.32. The summed E-state index contributed by atoms with van der Waals surface area (Å²) < 4.78 is 31.6. The summed E-state index contributed by atoms with van der Waals surface area (Å²) in [4.78, 5) is 31.6. The van der Waals surface area contributed by atoms with Gasteiger partial charge in [0.25, 0.3) is 0 Å². The van der Waals surface area contributed by atoms with Crippen molar-refractivity contribution in [3.05, 3.63) is 41.4 Å². The van der Waals surface area contributed by atoms with Gasteiger partial charge in [0, 0.05) is 31.1 Å². The van der Waals surface area contributed by atoms with E-state index in [0.717, 1.165) is 5.56 Å². The Morgan fingerprint density at radius 1 is 1.35 bits per heavy atom. The van der Waals surface area contributed by atoms with Gasteiger partial charge in [-0.1, -0.05) is 12.1 Å². The zero-order chi connectivity index (χ0) is 22.0. The Morgan fingerprint density at radius 2 is 2.16 bits per heavy atom. The lowest BCUT2D eigenvalue weighted by atomic mass is 10.0. The maximum Gasteiger partial charge on any atom is 0.249 e. The first-order chi connectivity index (χ1) is 14.9. The van der Waals surface area contributed by atoms with Crippen LogP contribution in [0.3, 0.4) is 0 Å². The van der Waals surface area contributed by atoms with Crippen molar-refractivity contribution in [2.45, 2.75) is 30.6 Å². The van der Waals surface area contributed by atoms with E-state index in [2.05, 4.69) is 10.3 Å². The number of methoxy groups -OCH3 is 1. The maximum absolute atomic E-state index is 13.1. The van der Waals surface area contributed by atoms with Gasteiger partial charge < -0.3 is 15.0 Å². The van der Waals surface area contributed by atoms with E-state index in [0.29, 0.717) is 23.7 Å². The van der Waals surface area contributed by atoms with Gasteiger partial charge in [0.05, 0.1) is 18.9 Å². The Kier molecular flexibility index (Phi) is 6.26. The maximum atomic E-state index is 13.1. The fourth-order valence-electron chi connectivity index (χ4n) is 3.63. The number of amides is 2. The number of benzene rings is 1. The van der Waals surface area contributed by atoms with E-state index in [4.69, 9.17) is 4.74 Å². The summed E-state index contributed by atoms with van der Waals surface area (Å²) in [5, 5.41) is 4.60. The average Bonchev–Trinajstić information content (AvgIpc) is 3.51. The van der Waals surface area contributed by atoms with Crippen molar-refractivity contribution in [3.8, 4) is 5.75 Å². The highest BCUT2D eigenvalue weighted by Gasteiger charge is 2.44. The van der Waals surface area contributed by atoms with Crippen molar-refractivity contribution < 1.29 is 22.7 Å². The molecule has 0 bridgehead atoms. The number of sulfonamides is 1. The number of piperazine rings is 1. The Morgan fingerprint density at radius 3 is 2.81 bits per heavy atom. The lowest BCUT2D eigenvalue weighted by Crippen LogP contribution is -2.58. The van der Waals surface area contributed by atoms with Gasteiger partial charge in [-0.2, -0.15) is 4.31 Å². The predicted molar refractivity (Wildman–Crippen MR) is 116 cm³/mol. The molecule has 0 spiro atoms. The van der Waals surface area contributed by atoms with Crippen LogP contribution in [0.15, 0.2) is 35.8 Å². The number of hydrogen-bond acceptors (Lipinski definition) is 7. The second-order valence-electron chi connectivity index (χ2n) is 7.56. The van der Waals surface area contributed by atoms with Crippen LogP contribution >= 0.6 is 11.3 Å². The highest BCUT2D eigenvalue weighted by molar-refractivity contribution is 7.90. The van der Waals surface area contributed by atoms with E-state index in [1.807, 2.05) is 18.2 Å². The Labute approximate surface area is 185 Å². The molecule has 0 radical (unpaired) electrons. The van der Waals surface area contributed by atoms with Gasteiger partial charge in [-0.05, 0) is 30.5 Å². The number of rotatable bonds is 8. The number of ether oxygens (including phenoxy) is 1. The van der Waals surface area contributed by atoms with E-state index in [1.165, 1.54) is 20.5 Å². The molecule has 1 saturated carbocycles. The van der Waals surface area contributed by atoms with Crippen molar-refractivity contribution >= 4 is 38.3 Å². The second kappa shape index (κ2) is 8.93. The molecular weight excluding hydrogens is 440 g/mol. The minimum Gasteiger partial charge on any atom is -0.497 e. The Hall–Kier alpha value is -2.50.